The molecule has 4 rings (SSSR count). The number of nitrogens with one attached hydrogen (secondary N) is 1. The van der Waals surface area contributed by atoms with Crippen LogP contribution in [0.5, 0.6) is 0 Å². The number of aliphatic hydroxyl groups is 3. The van der Waals surface area contributed by atoms with Crippen molar-refractivity contribution in [3.8, 4) is 0 Å². The lowest BCUT2D eigenvalue weighted by atomic mass is 10.1. The molecule has 3 aromatic heterocycles. The fourth-order valence-electron chi connectivity index (χ4n) is 2.86. The Hall–Kier alpha value is -2.53. The summed E-state index contributed by atoms with van der Waals surface area (Å²) in [6.07, 6.45) is 0.253. The van der Waals surface area contributed by atoms with Crippen LogP contribution in [0.4, 0.5) is 5.82 Å². The quantitative estimate of drug-likeness (QED) is 0.487. The monoisotopic (exact) mass is 347 g/mol. The summed E-state index contributed by atoms with van der Waals surface area (Å²) in [4.78, 5) is 12.7. The van der Waals surface area contributed by atoms with Gasteiger partial charge >= 0.3 is 0 Å². The smallest absolute Gasteiger partial charge is 0.167 e. The molecule has 0 bridgehead atoms. The van der Waals surface area contributed by atoms with E-state index in [1.807, 2.05) is 6.07 Å². The number of hydrogen-bond acceptors (Lipinski definition) is 9. The summed E-state index contributed by atoms with van der Waals surface area (Å²) in [5, 5.41) is 32.4. The first-order chi connectivity index (χ1) is 12.2. The van der Waals surface area contributed by atoms with Gasteiger partial charge in [-0.15, -0.1) is 0 Å². The first-order valence-electron chi connectivity index (χ1n) is 7.75. The fraction of sp³-hybridized carbons (Fsp3) is 0.400. The molecule has 1 aliphatic heterocycles. The van der Waals surface area contributed by atoms with Crippen molar-refractivity contribution in [1.82, 2.24) is 19.5 Å². The Kier molecular flexibility index (Phi) is 4.09. The van der Waals surface area contributed by atoms with Gasteiger partial charge in [0.2, 0.25) is 0 Å². The highest BCUT2D eigenvalue weighted by Gasteiger charge is 2.44. The van der Waals surface area contributed by atoms with Crippen molar-refractivity contribution in [3.63, 3.8) is 0 Å². The van der Waals surface area contributed by atoms with Gasteiger partial charge in [-0.05, 0) is 12.1 Å². The van der Waals surface area contributed by atoms with E-state index in [2.05, 4.69) is 20.3 Å². The summed E-state index contributed by atoms with van der Waals surface area (Å²) in [6.45, 7) is 0.0338. The summed E-state index contributed by atoms with van der Waals surface area (Å²) in [5.41, 5.74) is 0.929. The number of aliphatic hydroxyl groups excluding tert-OH is 3. The second-order valence-corrected chi connectivity index (χ2v) is 5.71. The summed E-state index contributed by atoms with van der Waals surface area (Å²) in [6, 6.07) is 3.63. The molecule has 4 heterocycles. The number of anilines is 1. The van der Waals surface area contributed by atoms with E-state index in [9.17, 15) is 15.3 Å². The Morgan fingerprint density at radius 1 is 1.20 bits per heavy atom. The first kappa shape index (κ1) is 16.0. The zero-order valence-corrected chi connectivity index (χ0v) is 13.1. The Morgan fingerprint density at radius 2 is 2.08 bits per heavy atom. The second kappa shape index (κ2) is 6.41. The summed E-state index contributed by atoms with van der Waals surface area (Å²) in [7, 11) is 0. The lowest BCUT2D eigenvalue weighted by Gasteiger charge is -2.16. The highest BCUT2D eigenvalue weighted by atomic mass is 16.6. The molecule has 0 amide bonds. The highest BCUT2D eigenvalue weighted by Crippen LogP contribution is 2.32. The van der Waals surface area contributed by atoms with Gasteiger partial charge < -0.3 is 29.8 Å². The molecule has 1 fully saturated rings. The zero-order chi connectivity index (χ0) is 17.4. The van der Waals surface area contributed by atoms with Crippen LogP contribution in [-0.4, -0.2) is 59.8 Å². The molecule has 0 unspecified atom stereocenters. The number of furan rings is 1. The normalized spacial score (nSPS) is 26.4. The maximum atomic E-state index is 10.2. The Balaban J connectivity index is 1.63. The van der Waals surface area contributed by atoms with E-state index in [0.717, 1.165) is 5.76 Å². The number of imidazole rings is 1. The molecule has 0 aliphatic carbocycles. The topological polar surface area (TPSA) is 139 Å². The van der Waals surface area contributed by atoms with Crippen molar-refractivity contribution in [2.45, 2.75) is 31.1 Å². The molecule has 132 valence electrons. The maximum Gasteiger partial charge on any atom is 0.167 e. The molecule has 0 spiro atoms. The molecule has 3 aromatic rings. The third kappa shape index (κ3) is 2.74. The van der Waals surface area contributed by atoms with Crippen LogP contribution >= 0.6 is 0 Å². The standard InChI is InChI=1S/C15H17N5O5/c21-5-9-11(22)12(23)15(25-9)20-7-19-10-13(17-6-18-14(10)20)16-4-8-2-1-3-24-8/h1-3,6-7,9,11-12,15,21-23H,4-5H2,(H,16,17,18)/t9-,11-,12+,15-/m1/s1. The molecular formula is C15H17N5O5. The van der Waals surface area contributed by atoms with Gasteiger partial charge in [-0.3, -0.25) is 4.57 Å². The minimum atomic E-state index is -1.20. The molecule has 10 heteroatoms. The lowest BCUT2D eigenvalue weighted by Crippen LogP contribution is -2.33. The van der Waals surface area contributed by atoms with Crippen LogP contribution in [0.15, 0.2) is 35.5 Å². The number of aromatic nitrogens is 4. The molecule has 4 N–H and O–H groups in total. The van der Waals surface area contributed by atoms with Crippen molar-refractivity contribution in [2.24, 2.45) is 0 Å². The molecule has 25 heavy (non-hydrogen) atoms. The van der Waals surface area contributed by atoms with Crippen LogP contribution in [0.2, 0.25) is 0 Å². The first-order valence-corrected chi connectivity index (χ1v) is 7.75. The van der Waals surface area contributed by atoms with Crippen LogP contribution in [0.3, 0.4) is 0 Å². The van der Waals surface area contributed by atoms with Gasteiger partial charge in [-0.1, -0.05) is 0 Å². The van der Waals surface area contributed by atoms with E-state index in [0.29, 0.717) is 23.5 Å². The van der Waals surface area contributed by atoms with Crippen LogP contribution in [0.1, 0.15) is 12.0 Å². The van der Waals surface area contributed by atoms with Crippen LogP contribution in [0.25, 0.3) is 11.2 Å². The lowest BCUT2D eigenvalue weighted by molar-refractivity contribution is -0.0511. The van der Waals surface area contributed by atoms with Crippen molar-refractivity contribution in [3.05, 3.63) is 36.8 Å². The highest BCUT2D eigenvalue weighted by molar-refractivity contribution is 5.82. The fourth-order valence-corrected chi connectivity index (χ4v) is 2.86. The van der Waals surface area contributed by atoms with E-state index >= 15 is 0 Å². The number of rotatable bonds is 5. The van der Waals surface area contributed by atoms with Gasteiger partial charge in [0.25, 0.3) is 0 Å². The number of hydrogen-bond donors (Lipinski definition) is 4. The van der Waals surface area contributed by atoms with E-state index < -0.39 is 31.1 Å². The largest absolute Gasteiger partial charge is 0.467 e. The third-order valence-corrected chi connectivity index (χ3v) is 4.16. The van der Waals surface area contributed by atoms with E-state index in [1.54, 1.807) is 12.3 Å². The molecule has 0 saturated carbocycles. The molecule has 10 nitrogen and oxygen atoms in total. The van der Waals surface area contributed by atoms with Gasteiger partial charge in [0.1, 0.15) is 30.4 Å². The van der Waals surface area contributed by atoms with Crippen molar-refractivity contribution < 1.29 is 24.5 Å². The van der Waals surface area contributed by atoms with Crippen LogP contribution in [0, 0.1) is 0 Å². The Bertz CT molecular complexity index is 851. The molecule has 0 radical (unpaired) electrons. The van der Waals surface area contributed by atoms with Crippen LogP contribution < -0.4 is 5.32 Å². The molecule has 1 saturated heterocycles. The van der Waals surface area contributed by atoms with Gasteiger partial charge in [-0.25, -0.2) is 15.0 Å². The average molecular weight is 347 g/mol. The summed E-state index contributed by atoms with van der Waals surface area (Å²) >= 11 is 0. The summed E-state index contributed by atoms with van der Waals surface area (Å²) in [5.74, 6) is 1.25. The van der Waals surface area contributed by atoms with Crippen molar-refractivity contribution in [1.29, 1.82) is 0 Å². The van der Waals surface area contributed by atoms with Gasteiger partial charge in [0, 0.05) is 0 Å². The minimum absolute atomic E-state index is 0.397. The van der Waals surface area contributed by atoms with Crippen LogP contribution in [-0.2, 0) is 11.3 Å². The Morgan fingerprint density at radius 3 is 2.80 bits per heavy atom. The van der Waals surface area contributed by atoms with E-state index in [1.165, 1.54) is 17.2 Å². The number of ether oxygens (including phenoxy) is 1. The van der Waals surface area contributed by atoms with Crippen molar-refractivity contribution >= 4 is 17.0 Å². The predicted molar refractivity (Wildman–Crippen MR) is 84.4 cm³/mol. The molecular weight excluding hydrogens is 330 g/mol. The Labute approximate surface area is 141 Å². The zero-order valence-electron chi connectivity index (χ0n) is 13.1. The minimum Gasteiger partial charge on any atom is -0.467 e. The second-order valence-electron chi connectivity index (χ2n) is 5.71. The van der Waals surface area contributed by atoms with E-state index in [4.69, 9.17) is 9.15 Å². The maximum absolute atomic E-state index is 10.2. The summed E-state index contributed by atoms with van der Waals surface area (Å²) < 4.78 is 12.3. The SMILES string of the molecule is OC[C@H]1O[C@@H](n2cnc3c(NCc4ccco4)ncnc32)[C@@H](O)[C@@H]1O. The average Bonchev–Trinajstić information content (AvgIpc) is 3.34. The number of fused-ring (bicyclic) bond motifs is 1. The number of nitrogens with zero attached hydrogens (tertiary/aromatic N) is 4. The molecule has 4 atom stereocenters. The van der Waals surface area contributed by atoms with Gasteiger partial charge in [0.15, 0.2) is 23.2 Å². The predicted octanol–water partition coefficient (Wildman–Crippen LogP) is -0.357. The molecule has 1 aliphatic rings. The molecule has 0 aromatic carbocycles. The van der Waals surface area contributed by atoms with E-state index in [-0.39, 0.29) is 0 Å². The third-order valence-electron chi connectivity index (χ3n) is 4.16. The van der Waals surface area contributed by atoms with Crippen molar-refractivity contribution in [2.75, 3.05) is 11.9 Å². The van der Waals surface area contributed by atoms with Gasteiger partial charge in [0.05, 0.1) is 25.7 Å². The van der Waals surface area contributed by atoms with Gasteiger partial charge in [-0.2, -0.15) is 0 Å².